The summed E-state index contributed by atoms with van der Waals surface area (Å²) in [6, 6.07) is 10.2. The van der Waals surface area contributed by atoms with Crippen molar-refractivity contribution in [2.24, 2.45) is 11.8 Å². The first-order valence-electron chi connectivity index (χ1n) is 7.32. The van der Waals surface area contributed by atoms with Gasteiger partial charge in [-0.1, -0.05) is 30.3 Å². The summed E-state index contributed by atoms with van der Waals surface area (Å²) in [5, 5.41) is 11.1. The van der Waals surface area contributed by atoms with Crippen LogP contribution < -0.4 is 5.32 Å². The molecule has 0 aliphatic heterocycles. The van der Waals surface area contributed by atoms with Crippen molar-refractivity contribution in [1.82, 2.24) is 5.32 Å². The highest BCUT2D eigenvalue weighted by atomic mass is 16.5. The van der Waals surface area contributed by atoms with Crippen molar-refractivity contribution in [3.63, 3.8) is 0 Å². The maximum atomic E-state index is 10.5. The topological polar surface area (TPSA) is 58.6 Å². The van der Waals surface area contributed by atoms with E-state index < -0.39 is 6.09 Å². The zero-order valence-corrected chi connectivity index (χ0v) is 11.8. The lowest BCUT2D eigenvalue weighted by Gasteiger charge is -2.28. The van der Waals surface area contributed by atoms with Crippen LogP contribution in [0.25, 0.3) is 0 Å². The van der Waals surface area contributed by atoms with E-state index >= 15 is 0 Å². The van der Waals surface area contributed by atoms with E-state index in [0.29, 0.717) is 25.0 Å². The van der Waals surface area contributed by atoms with Crippen molar-refractivity contribution in [2.75, 3.05) is 13.2 Å². The van der Waals surface area contributed by atoms with E-state index in [1.165, 1.54) is 5.56 Å². The Labute approximate surface area is 120 Å². The van der Waals surface area contributed by atoms with Gasteiger partial charge in [0, 0.05) is 13.2 Å². The van der Waals surface area contributed by atoms with E-state index in [1.54, 1.807) is 0 Å². The Kier molecular flexibility index (Phi) is 5.87. The van der Waals surface area contributed by atoms with Gasteiger partial charge in [-0.05, 0) is 43.1 Å². The molecule has 4 heteroatoms. The molecule has 1 aliphatic rings. The molecule has 1 amide bonds. The molecule has 0 radical (unpaired) electrons. The molecule has 1 fully saturated rings. The summed E-state index contributed by atoms with van der Waals surface area (Å²) >= 11 is 0. The number of ether oxygens (including phenoxy) is 1. The van der Waals surface area contributed by atoms with Crippen LogP contribution in [0.15, 0.2) is 30.3 Å². The van der Waals surface area contributed by atoms with E-state index in [1.807, 2.05) is 18.2 Å². The largest absolute Gasteiger partial charge is 0.465 e. The summed E-state index contributed by atoms with van der Waals surface area (Å²) in [7, 11) is 0. The second kappa shape index (κ2) is 7.90. The molecule has 1 aromatic rings. The molecular weight excluding hydrogens is 254 g/mol. The third kappa shape index (κ3) is 5.21. The van der Waals surface area contributed by atoms with Crippen molar-refractivity contribution in [2.45, 2.75) is 32.3 Å². The van der Waals surface area contributed by atoms with Gasteiger partial charge in [0.05, 0.1) is 6.61 Å². The van der Waals surface area contributed by atoms with Gasteiger partial charge in [0.25, 0.3) is 0 Å². The summed E-state index contributed by atoms with van der Waals surface area (Å²) in [6.45, 7) is 2.09. The fourth-order valence-electron chi connectivity index (χ4n) is 2.75. The first-order chi connectivity index (χ1) is 9.74. The number of hydrogen-bond donors (Lipinski definition) is 2. The molecule has 1 saturated carbocycles. The number of carbonyl (C=O) groups is 1. The van der Waals surface area contributed by atoms with Gasteiger partial charge in [-0.15, -0.1) is 0 Å². The smallest absolute Gasteiger partial charge is 0.404 e. The third-order valence-electron chi connectivity index (χ3n) is 3.97. The predicted molar refractivity (Wildman–Crippen MR) is 77.6 cm³/mol. The number of benzene rings is 1. The lowest BCUT2D eigenvalue weighted by Crippen LogP contribution is -2.30. The number of carboxylic acid groups (broad SMARTS) is 1. The molecule has 0 heterocycles. The molecule has 0 saturated heterocycles. The fraction of sp³-hybridized carbons (Fsp3) is 0.562. The van der Waals surface area contributed by atoms with E-state index in [-0.39, 0.29) is 0 Å². The van der Waals surface area contributed by atoms with Gasteiger partial charge < -0.3 is 15.2 Å². The van der Waals surface area contributed by atoms with E-state index in [0.717, 1.165) is 32.3 Å². The second-order valence-electron chi connectivity index (χ2n) is 5.57. The zero-order chi connectivity index (χ0) is 14.2. The summed E-state index contributed by atoms with van der Waals surface area (Å²) in [5.74, 6) is 1.12. The Morgan fingerprint density at radius 3 is 2.45 bits per heavy atom. The van der Waals surface area contributed by atoms with Gasteiger partial charge >= 0.3 is 6.09 Å². The minimum atomic E-state index is -0.918. The predicted octanol–water partition coefficient (Wildman–Crippen LogP) is 3.28. The van der Waals surface area contributed by atoms with Crippen molar-refractivity contribution in [3.8, 4) is 0 Å². The lowest BCUT2D eigenvalue weighted by molar-refractivity contribution is 0.0670. The molecule has 0 atom stereocenters. The maximum Gasteiger partial charge on any atom is 0.404 e. The Bertz CT molecular complexity index is 399. The normalized spacial score (nSPS) is 22.4. The van der Waals surface area contributed by atoms with E-state index in [9.17, 15) is 4.79 Å². The van der Waals surface area contributed by atoms with Gasteiger partial charge in [-0.3, -0.25) is 0 Å². The van der Waals surface area contributed by atoms with Crippen LogP contribution in [0.4, 0.5) is 4.79 Å². The van der Waals surface area contributed by atoms with Crippen LogP contribution >= 0.6 is 0 Å². The Morgan fingerprint density at radius 1 is 1.15 bits per heavy atom. The van der Waals surface area contributed by atoms with Gasteiger partial charge in [0.1, 0.15) is 0 Å². The minimum absolute atomic E-state index is 0.497. The number of nitrogens with one attached hydrogen (secondary N) is 1. The highest BCUT2D eigenvalue weighted by Gasteiger charge is 2.21. The molecule has 20 heavy (non-hydrogen) atoms. The quantitative estimate of drug-likeness (QED) is 0.839. The summed E-state index contributed by atoms with van der Waals surface area (Å²) in [6.07, 6.45) is 3.55. The van der Waals surface area contributed by atoms with E-state index in [4.69, 9.17) is 9.84 Å². The maximum absolute atomic E-state index is 10.5. The number of amides is 1. The number of hydrogen-bond acceptors (Lipinski definition) is 2. The molecule has 1 aromatic carbocycles. The second-order valence-corrected chi connectivity index (χ2v) is 5.57. The highest BCUT2D eigenvalue weighted by Crippen LogP contribution is 2.28. The van der Waals surface area contributed by atoms with Gasteiger partial charge in [-0.25, -0.2) is 4.79 Å². The molecule has 4 nitrogen and oxygen atoms in total. The summed E-state index contributed by atoms with van der Waals surface area (Å²) < 4.78 is 5.78. The van der Waals surface area contributed by atoms with Crippen LogP contribution in [0, 0.1) is 11.8 Å². The van der Waals surface area contributed by atoms with Crippen molar-refractivity contribution in [3.05, 3.63) is 35.9 Å². The van der Waals surface area contributed by atoms with Crippen LogP contribution in [0.1, 0.15) is 31.2 Å². The monoisotopic (exact) mass is 277 g/mol. The van der Waals surface area contributed by atoms with Crippen molar-refractivity contribution < 1.29 is 14.6 Å². The van der Waals surface area contributed by atoms with Gasteiger partial charge in [-0.2, -0.15) is 0 Å². The third-order valence-corrected chi connectivity index (χ3v) is 3.97. The SMILES string of the molecule is O=C(O)NC[C@H]1CC[C@@H](COCc2ccccc2)CC1. The average Bonchev–Trinajstić information content (AvgIpc) is 2.47. The molecule has 1 aliphatic carbocycles. The lowest BCUT2D eigenvalue weighted by atomic mass is 9.82. The van der Waals surface area contributed by atoms with Crippen LogP contribution in [0.3, 0.4) is 0 Å². The standard InChI is InChI=1S/C16H23NO3/c18-16(19)17-10-13-6-8-15(9-7-13)12-20-11-14-4-2-1-3-5-14/h1-5,13,15,17H,6-12H2,(H,18,19)/t13-,15+. The molecular formula is C16H23NO3. The van der Waals surface area contributed by atoms with Crippen molar-refractivity contribution >= 4 is 6.09 Å². The molecule has 110 valence electrons. The van der Waals surface area contributed by atoms with E-state index in [2.05, 4.69) is 17.4 Å². The molecule has 0 aromatic heterocycles. The minimum Gasteiger partial charge on any atom is -0.465 e. The highest BCUT2D eigenvalue weighted by molar-refractivity contribution is 5.64. The first kappa shape index (κ1) is 14.9. The van der Waals surface area contributed by atoms with Gasteiger partial charge in [0.15, 0.2) is 0 Å². The van der Waals surface area contributed by atoms with Gasteiger partial charge in [0.2, 0.25) is 0 Å². The molecule has 2 N–H and O–H groups in total. The Balaban J connectivity index is 1.59. The molecule has 0 spiro atoms. The summed E-state index contributed by atoms with van der Waals surface area (Å²) in [5.41, 5.74) is 1.21. The first-order valence-corrected chi connectivity index (χ1v) is 7.32. The van der Waals surface area contributed by atoms with Crippen LogP contribution in [0.5, 0.6) is 0 Å². The Hall–Kier alpha value is -1.55. The number of rotatable bonds is 6. The average molecular weight is 277 g/mol. The van der Waals surface area contributed by atoms with Crippen molar-refractivity contribution in [1.29, 1.82) is 0 Å². The fourth-order valence-corrected chi connectivity index (χ4v) is 2.75. The summed E-state index contributed by atoms with van der Waals surface area (Å²) in [4.78, 5) is 10.5. The zero-order valence-electron chi connectivity index (χ0n) is 11.8. The van der Waals surface area contributed by atoms with Crippen LogP contribution in [-0.2, 0) is 11.3 Å². The van der Waals surface area contributed by atoms with Crippen LogP contribution in [-0.4, -0.2) is 24.4 Å². The molecule has 0 bridgehead atoms. The molecule has 2 rings (SSSR count). The van der Waals surface area contributed by atoms with Crippen LogP contribution in [0.2, 0.25) is 0 Å². The molecule has 0 unspecified atom stereocenters. The Morgan fingerprint density at radius 2 is 1.80 bits per heavy atom.